The third-order valence-corrected chi connectivity index (χ3v) is 4.05. The summed E-state index contributed by atoms with van der Waals surface area (Å²) in [7, 11) is 4.06. The lowest BCUT2D eigenvalue weighted by atomic mass is 9.97. The fourth-order valence-electron chi connectivity index (χ4n) is 2.68. The molecule has 122 valence electrons. The topological polar surface area (TPSA) is 53.0 Å². The van der Waals surface area contributed by atoms with Gasteiger partial charge in [0, 0.05) is 13.1 Å². The van der Waals surface area contributed by atoms with Crippen LogP contribution in [0.3, 0.4) is 0 Å². The van der Waals surface area contributed by atoms with Crippen LogP contribution in [0, 0.1) is 5.92 Å². The molecule has 0 aromatic heterocycles. The van der Waals surface area contributed by atoms with E-state index in [2.05, 4.69) is 21.9 Å². The van der Waals surface area contributed by atoms with Gasteiger partial charge in [-0.05, 0) is 57.7 Å². The number of carboxylic acids is 1. The highest BCUT2D eigenvalue weighted by molar-refractivity contribution is 5.70. The van der Waals surface area contributed by atoms with Crippen molar-refractivity contribution < 1.29 is 14.6 Å². The number of nitrogens with zero attached hydrogens (tertiary/aromatic N) is 2. The fraction of sp³-hybridized carbons (Fsp3) is 0.588. The van der Waals surface area contributed by atoms with Gasteiger partial charge in [0.05, 0.1) is 5.92 Å². The first kappa shape index (κ1) is 16.8. The monoisotopic (exact) mass is 306 g/mol. The number of aliphatic carboxylic acids is 1. The molecular formula is C17H26N2O3. The molecule has 0 aliphatic carbocycles. The number of likely N-dealkylation sites (N-methyl/N-ethyl adjacent to an activating group) is 1. The number of rotatable bonds is 7. The number of likely N-dealkylation sites (tertiary alicyclic amines) is 1. The Labute approximate surface area is 132 Å². The zero-order valence-electron chi connectivity index (χ0n) is 13.5. The molecule has 1 heterocycles. The minimum Gasteiger partial charge on any atom is -0.492 e. The predicted molar refractivity (Wildman–Crippen MR) is 86.1 cm³/mol. The van der Waals surface area contributed by atoms with E-state index in [0.29, 0.717) is 6.61 Å². The van der Waals surface area contributed by atoms with Gasteiger partial charge in [-0.15, -0.1) is 0 Å². The number of benzene rings is 1. The van der Waals surface area contributed by atoms with E-state index in [1.807, 2.05) is 26.2 Å². The molecule has 1 aromatic rings. The summed E-state index contributed by atoms with van der Waals surface area (Å²) in [5.41, 5.74) is 1.22. The molecule has 1 aromatic carbocycles. The number of carbonyl (C=O) groups is 1. The van der Waals surface area contributed by atoms with Crippen LogP contribution in [0.15, 0.2) is 24.3 Å². The fourth-order valence-corrected chi connectivity index (χ4v) is 2.68. The summed E-state index contributed by atoms with van der Waals surface area (Å²) in [5, 5.41) is 9.03. The van der Waals surface area contributed by atoms with Gasteiger partial charge in [-0.2, -0.15) is 0 Å². The second kappa shape index (κ2) is 8.15. The van der Waals surface area contributed by atoms with Crippen molar-refractivity contribution in [2.24, 2.45) is 5.92 Å². The van der Waals surface area contributed by atoms with Gasteiger partial charge in [-0.1, -0.05) is 12.1 Å². The molecular weight excluding hydrogens is 280 g/mol. The van der Waals surface area contributed by atoms with Crippen molar-refractivity contribution in [3.8, 4) is 5.75 Å². The molecule has 1 fully saturated rings. The van der Waals surface area contributed by atoms with Crippen molar-refractivity contribution in [1.29, 1.82) is 0 Å². The highest BCUT2D eigenvalue weighted by Gasteiger charge is 2.24. The van der Waals surface area contributed by atoms with Crippen LogP contribution >= 0.6 is 0 Å². The van der Waals surface area contributed by atoms with Crippen molar-refractivity contribution in [3.05, 3.63) is 29.8 Å². The van der Waals surface area contributed by atoms with Crippen LogP contribution in [0.5, 0.6) is 5.75 Å². The number of carboxylic acid groups (broad SMARTS) is 1. The van der Waals surface area contributed by atoms with E-state index >= 15 is 0 Å². The number of hydrogen-bond donors (Lipinski definition) is 1. The van der Waals surface area contributed by atoms with Crippen LogP contribution in [-0.2, 0) is 11.3 Å². The largest absolute Gasteiger partial charge is 0.492 e. The summed E-state index contributed by atoms with van der Waals surface area (Å²) >= 11 is 0. The molecule has 1 saturated heterocycles. The lowest BCUT2D eigenvalue weighted by Crippen LogP contribution is -2.35. The smallest absolute Gasteiger partial charge is 0.306 e. The van der Waals surface area contributed by atoms with Crippen molar-refractivity contribution in [3.63, 3.8) is 0 Å². The van der Waals surface area contributed by atoms with Gasteiger partial charge < -0.3 is 14.7 Å². The molecule has 0 saturated carbocycles. The zero-order valence-corrected chi connectivity index (χ0v) is 13.5. The molecule has 0 atom stereocenters. The molecule has 0 unspecified atom stereocenters. The third kappa shape index (κ3) is 5.31. The van der Waals surface area contributed by atoms with E-state index in [9.17, 15) is 4.79 Å². The van der Waals surface area contributed by atoms with Gasteiger partial charge in [0.25, 0.3) is 0 Å². The normalized spacial score (nSPS) is 16.9. The van der Waals surface area contributed by atoms with Gasteiger partial charge in [0.15, 0.2) is 0 Å². The molecule has 0 amide bonds. The van der Waals surface area contributed by atoms with Crippen molar-refractivity contribution >= 4 is 5.97 Å². The Balaban J connectivity index is 1.82. The highest BCUT2D eigenvalue weighted by Crippen LogP contribution is 2.20. The van der Waals surface area contributed by atoms with Crippen LogP contribution in [-0.4, -0.2) is 61.2 Å². The Morgan fingerprint density at radius 3 is 2.73 bits per heavy atom. The molecule has 0 radical (unpaired) electrons. The molecule has 1 aliphatic rings. The van der Waals surface area contributed by atoms with E-state index < -0.39 is 5.97 Å². The van der Waals surface area contributed by atoms with E-state index in [-0.39, 0.29) is 5.92 Å². The third-order valence-electron chi connectivity index (χ3n) is 4.05. The summed E-state index contributed by atoms with van der Waals surface area (Å²) in [4.78, 5) is 15.4. The SMILES string of the molecule is CN(C)CCOc1cccc(CN2CCC(C(=O)O)CC2)c1. The summed E-state index contributed by atoms with van der Waals surface area (Å²) in [6.07, 6.45) is 1.49. The van der Waals surface area contributed by atoms with Gasteiger partial charge in [-0.25, -0.2) is 0 Å². The van der Waals surface area contributed by atoms with Crippen LogP contribution < -0.4 is 4.74 Å². The maximum Gasteiger partial charge on any atom is 0.306 e. The second-order valence-corrected chi connectivity index (χ2v) is 6.19. The first-order chi connectivity index (χ1) is 10.5. The summed E-state index contributed by atoms with van der Waals surface area (Å²) in [5.74, 6) is 0.0765. The first-order valence-corrected chi connectivity index (χ1v) is 7.86. The summed E-state index contributed by atoms with van der Waals surface area (Å²) in [6, 6.07) is 8.18. The van der Waals surface area contributed by atoms with E-state index in [4.69, 9.17) is 9.84 Å². The lowest BCUT2D eigenvalue weighted by Gasteiger charge is -2.30. The molecule has 1 N–H and O–H groups in total. The van der Waals surface area contributed by atoms with Gasteiger partial charge >= 0.3 is 5.97 Å². The van der Waals surface area contributed by atoms with E-state index in [0.717, 1.165) is 44.8 Å². The maximum absolute atomic E-state index is 11.0. The minimum absolute atomic E-state index is 0.169. The van der Waals surface area contributed by atoms with Gasteiger partial charge in [0.2, 0.25) is 0 Å². The number of piperidine rings is 1. The average molecular weight is 306 g/mol. The van der Waals surface area contributed by atoms with E-state index in [1.165, 1.54) is 5.56 Å². The predicted octanol–water partition coefficient (Wildman–Crippen LogP) is 1.92. The molecule has 2 rings (SSSR count). The standard InChI is InChI=1S/C17H26N2O3/c1-18(2)10-11-22-16-5-3-4-14(12-16)13-19-8-6-15(7-9-19)17(20)21/h3-5,12,15H,6-11,13H2,1-2H3,(H,20,21). The molecule has 0 spiro atoms. The number of hydrogen-bond acceptors (Lipinski definition) is 4. The van der Waals surface area contributed by atoms with E-state index in [1.54, 1.807) is 0 Å². The average Bonchev–Trinajstić information content (AvgIpc) is 2.48. The Kier molecular flexibility index (Phi) is 6.21. The molecule has 22 heavy (non-hydrogen) atoms. The summed E-state index contributed by atoms with van der Waals surface area (Å²) in [6.45, 7) is 4.13. The first-order valence-electron chi connectivity index (χ1n) is 7.86. The van der Waals surface area contributed by atoms with Gasteiger partial charge in [-0.3, -0.25) is 9.69 Å². The molecule has 0 bridgehead atoms. The quantitative estimate of drug-likeness (QED) is 0.834. The van der Waals surface area contributed by atoms with Crippen molar-refractivity contribution in [1.82, 2.24) is 9.80 Å². The van der Waals surface area contributed by atoms with Crippen molar-refractivity contribution in [2.45, 2.75) is 19.4 Å². The zero-order chi connectivity index (χ0) is 15.9. The Hall–Kier alpha value is -1.59. The summed E-state index contributed by atoms with van der Waals surface area (Å²) < 4.78 is 5.76. The minimum atomic E-state index is -0.657. The number of ether oxygens (including phenoxy) is 1. The molecule has 1 aliphatic heterocycles. The van der Waals surface area contributed by atoms with Gasteiger partial charge in [0.1, 0.15) is 12.4 Å². The van der Waals surface area contributed by atoms with Crippen LogP contribution in [0.4, 0.5) is 0 Å². The Morgan fingerprint density at radius 1 is 1.36 bits per heavy atom. The second-order valence-electron chi connectivity index (χ2n) is 6.19. The lowest BCUT2D eigenvalue weighted by molar-refractivity contribution is -0.143. The Bertz CT molecular complexity index is 483. The Morgan fingerprint density at radius 2 is 2.09 bits per heavy atom. The van der Waals surface area contributed by atoms with Crippen LogP contribution in [0.25, 0.3) is 0 Å². The molecule has 5 heteroatoms. The van der Waals surface area contributed by atoms with Crippen molar-refractivity contribution in [2.75, 3.05) is 40.3 Å². The maximum atomic E-state index is 11.0. The van der Waals surface area contributed by atoms with Crippen LogP contribution in [0.2, 0.25) is 0 Å². The highest BCUT2D eigenvalue weighted by atomic mass is 16.5. The van der Waals surface area contributed by atoms with Crippen LogP contribution in [0.1, 0.15) is 18.4 Å². The molecule has 5 nitrogen and oxygen atoms in total.